The molecule has 0 bridgehead atoms. The number of aromatic nitrogens is 4. The van der Waals surface area contributed by atoms with Crippen molar-refractivity contribution in [2.75, 3.05) is 6.54 Å². The molecule has 0 spiro atoms. The van der Waals surface area contributed by atoms with Crippen molar-refractivity contribution in [2.24, 2.45) is 0 Å². The Kier molecular flexibility index (Phi) is 4.33. The Hall–Kier alpha value is -2.11. The Balaban J connectivity index is 1.66. The molecule has 19 heavy (non-hydrogen) atoms. The second kappa shape index (κ2) is 6.17. The molecule has 2 heterocycles. The van der Waals surface area contributed by atoms with Crippen molar-refractivity contribution in [3.05, 3.63) is 35.9 Å². The normalized spacial score (nSPS) is 10.6. The number of aryl methyl sites for hydroxylation is 3. The van der Waals surface area contributed by atoms with Crippen LogP contribution in [0.1, 0.15) is 17.8 Å². The standard InChI is InChI=1S/C13H19N5O/c1-11-5-9-17(16-11)8-3-6-14-13(19)10-18-12(2)4-7-15-18/h4-5,7,9H,3,6,8,10H2,1-2H3,(H,14,19). The third kappa shape index (κ3) is 3.94. The molecular formula is C13H19N5O. The number of carbonyl (C=O) groups is 1. The van der Waals surface area contributed by atoms with Crippen LogP contribution in [-0.4, -0.2) is 32.0 Å². The second-order valence-corrected chi connectivity index (χ2v) is 4.55. The number of carbonyl (C=O) groups excluding carboxylic acids is 1. The third-order valence-electron chi connectivity index (χ3n) is 2.88. The predicted octanol–water partition coefficient (Wildman–Crippen LogP) is 0.903. The highest BCUT2D eigenvalue weighted by atomic mass is 16.2. The highest BCUT2D eigenvalue weighted by Crippen LogP contribution is 1.96. The van der Waals surface area contributed by atoms with E-state index in [0.29, 0.717) is 6.54 Å². The second-order valence-electron chi connectivity index (χ2n) is 4.55. The number of nitrogens with zero attached hydrogens (tertiary/aromatic N) is 4. The van der Waals surface area contributed by atoms with Gasteiger partial charge in [-0.2, -0.15) is 10.2 Å². The van der Waals surface area contributed by atoms with Gasteiger partial charge in [-0.3, -0.25) is 14.2 Å². The van der Waals surface area contributed by atoms with Gasteiger partial charge in [-0.25, -0.2) is 0 Å². The molecule has 0 aromatic carbocycles. The summed E-state index contributed by atoms with van der Waals surface area (Å²) in [5.74, 6) is -0.0107. The van der Waals surface area contributed by atoms with E-state index in [1.54, 1.807) is 10.9 Å². The molecule has 6 nitrogen and oxygen atoms in total. The number of rotatable bonds is 6. The predicted molar refractivity (Wildman–Crippen MR) is 71.6 cm³/mol. The summed E-state index contributed by atoms with van der Waals surface area (Å²) < 4.78 is 3.57. The maximum absolute atomic E-state index is 11.7. The minimum atomic E-state index is -0.0107. The van der Waals surface area contributed by atoms with Gasteiger partial charge in [-0.15, -0.1) is 0 Å². The van der Waals surface area contributed by atoms with Gasteiger partial charge in [-0.1, -0.05) is 0 Å². The third-order valence-corrected chi connectivity index (χ3v) is 2.88. The molecule has 2 aromatic heterocycles. The van der Waals surface area contributed by atoms with Crippen LogP contribution in [0.3, 0.4) is 0 Å². The van der Waals surface area contributed by atoms with Crippen LogP contribution in [0.15, 0.2) is 24.5 Å². The summed E-state index contributed by atoms with van der Waals surface area (Å²) in [7, 11) is 0. The van der Waals surface area contributed by atoms with Crippen LogP contribution < -0.4 is 5.32 Å². The van der Waals surface area contributed by atoms with E-state index in [9.17, 15) is 4.79 Å². The molecule has 0 unspecified atom stereocenters. The number of hydrogen-bond acceptors (Lipinski definition) is 3. The molecule has 0 aliphatic carbocycles. The molecule has 2 aromatic rings. The average molecular weight is 261 g/mol. The van der Waals surface area contributed by atoms with Gasteiger partial charge < -0.3 is 5.32 Å². The van der Waals surface area contributed by atoms with Gasteiger partial charge in [0, 0.05) is 31.2 Å². The Morgan fingerprint density at radius 1 is 1.37 bits per heavy atom. The molecule has 0 saturated carbocycles. The fraction of sp³-hybridized carbons (Fsp3) is 0.462. The first-order valence-corrected chi connectivity index (χ1v) is 6.40. The van der Waals surface area contributed by atoms with Crippen molar-refractivity contribution in [2.45, 2.75) is 33.4 Å². The van der Waals surface area contributed by atoms with Crippen LogP contribution >= 0.6 is 0 Å². The molecule has 2 rings (SSSR count). The molecule has 0 aliphatic heterocycles. The molecule has 102 valence electrons. The first-order chi connectivity index (χ1) is 9.15. The van der Waals surface area contributed by atoms with Gasteiger partial charge in [0.15, 0.2) is 0 Å². The van der Waals surface area contributed by atoms with Crippen molar-refractivity contribution in [1.82, 2.24) is 24.9 Å². The van der Waals surface area contributed by atoms with E-state index in [1.807, 2.05) is 36.9 Å². The van der Waals surface area contributed by atoms with Crippen LogP contribution in [0.4, 0.5) is 0 Å². The van der Waals surface area contributed by atoms with E-state index in [4.69, 9.17) is 0 Å². The molecule has 6 heteroatoms. The molecule has 0 aliphatic rings. The number of amides is 1. The summed E-state index contributed by atoms with van der Waals surface area (Å²) in [5, 5.41) is 11.2. The van der Waals surface area contributed by atoms with E-state index in [2.05, 4.69) is 15.5 Å². The smallest absolute Gasteiger partial charge is 0.241 e. The van der Waals surface area contributed by atoms with Gasteiger partial charge in [0.1, 0.15) is 6.54 Å². The zero-order valence-electron chi connectivity index (χ0n) is 11.3. The van der Waals surface area contributed by atoms with E-state index >= 15 is 0 Å². The zero-order chi connectivity index (χ0) is 13.7. The first kappa shape index (κ1) is 13.3. The Morgan fingerprint density at radius 3 is 2.84 bits per heavy atom. The van der Waals surface area contributed by atoms with Gasteiger partial charge >= 0.3 is 0 Å². The van der Waals surface area contributed by atoms with Crippen molar-refractivity contribution < 1.29 is 4.79 Å². The fourth-order valence-electron chi connectivity index (χ4n) is 1.81. The lowest BCUT2D eigenvalue weighted by Gasteiger charge is -2.07. The lowest BCUT2D eigenvalue weighted by atomic mass is 10.4. The summed E-state index contributed by atoms with van der Waals surface area (Å²) in [6, 6.07) is 3.85. The van der Waals surface area contributed by atoms with Crippen LogP contribution in [0, 0.1) is 13.8 Å². The largest absolute Gasteiger partial charge is 0.354 e. The minimum absolute atomic E-state index is 0.0107. The minimum Gasteiger partial charge on any atom is -0.354 e. The molecule has 1 N–H and O–H groups in total. The Morgan fingerprint density at radius 2 is 2.21 bits per heavy atom. The summed E-state index contributed by atoms with van der Waals surface area (Å²) in [4.78, 5) is 11.7. The Labute approximate surface area is 112 Å². The number of nitrogens with one attached hydrogen (secondary N) is 1. The van der Waals surface area contributed by atoms with Gasteiger partial charge in [0.2, 0.25) is 5.91 Å². The van der Waals surface area contributed by atoms with Gasteiger partial charge in [0.05, 0.1) is 5.69 Å². The maximum atomic E-state index is 11.7. The molecular weight excluding hydrogens is 242 g/mol. The highest BCUT2D eigenvalue weighted by Gasteiger charge is 2.04. The lowest BCUT2D eigenvalue weighted by Crippen LogP contribution is -2.29. The van der Waals surface area contributed by atoms with Gasteiger partial charge in [-0.05, 0) is 32.4 Å². The highest BCUT2D eigenvalue weighted by molar-refractivity contribution is 5.75. The Bertz CT molecular complexity index is 543. The molecule has 0 radical (unpaired) electrons. The van der Waals surface area contributed by atoms with Crippen LogP contribution in [0.25, 0.3) is 0 Å². The van der Waals surface area contributed by atoms with E-state index in [1.165, 1.54) is 0 Å². The topological polar surface area (TPSA) is 64.7 Å². The quantitative estimate of drug-likeness (QED) is 0.786. The summed E-state index contributed by atoms with van der Waals surface area (Å²) in [6.07, 6.45) is 4.51. The number of hydrogen-bond donors (Lipinski definition) is 1. The summed E-state index contributed by atoms with van der Waals surface area (Å²) >= 11 is 0. The molecule has 0 saturated heterocycles. The van der Waals surface area contributed by atoms with E-state index in [0.717, 1.165) is 24.4 Å². The zero-order valence-corrected chi connectivity index (χ0v) is 11.3. The monoisotopic (exact) mass is 261 g/mol. The first-order valence-electron chi connectivity index (χ1n) is 6.40. The summed E-state index contributed by atoms with van der Waals surface area (Å²) in [5.41, 5.74) is 2.00. The fourth-order valence-corrected chi connectivity index (χ4v) is 1.81. The van der Waals surface area contributed by atoms with Crippen LogP contribution in [0.2, 0.25) is 0 Å². The van der Waals surface area contributed by atoms with Gasteiger partial charge in [0.25, 0.3) is 0 Å². The van der Waals surface area contributed by atoms with Crippen molar-refractivity contribution in [1.29, 1.82) is 0 Å². The lowest BCUT2D eigenvalue weighted by molar-refractivity contribution is -0.121. The summed E-state index contributed by atoms with van der Waals surface area (Å²) in [6.45, 7) is 5.64. The van der Waals surface area contributed by atoms with E-state index < -0.39 is 0 Å². The average Bonchev–Trinajstić information content (AvgIpc) is 2.95. The van der Waals surface area contributed by atoms with Crippen LogP contribution in [0.5, 0.6) is 0 Å². The van der Waals surface area contributed by atoms with Crippen molar-refractivity contribution in [3.63, 3.8) is 0 Å². The molecule has 1 amide bonds. The van der Waals surface area contributed by atoms with Crippen LogP contribution in [-0.2, 0) is 17.9 Å². The molecule has 0 atom stereocenters. The van der Waals surface area contributed by atoms with E-state index in [-0.39, 0.29) is 12.5 Å². The molecule has 0 fully saturated rings. The van der Waals surface area contributed by atoms with Crippen molar-refractivity contribution in [3.8, 4) is 0 Å². The maximum Gasteiger partial charge on any atom is 0.241 e. The SMILES string of the molecule is Cc1ccn(CCCNC(=O)Cn2nccc2C)n1. The van der Waals surface area contributed by atoms with Crippen molar-refractivity contribution >= 4 is 5.91 Å².